The molecule has 0 bridgehead atoms. The summed E-state index contributed by atoms with van der Waals surface area (Å²) in [5, 5.41) is 3.05. The summed E-state index contributed by atoms with van der Waals surface area (Å²) in [6.45, 7) is 1.50. The third-order valence-electron chi connectivity index (χ3n) is 3.47. The minimum Gasteiger partial charge on any atom is -0.376 e. The zero-order valence-electron chi connectivity index (χ0n) is 10.2. The molecule has 0 saturated carbocycles. The van der Waals surface area contributed by atoms with Crippen LogP contribution in [0.5, 0.6) is 0 Å². The lowest BCUT2D eigenvalue weighted by molar-refractivity contribution is -0.121. The topological polar surface area (TPSA) is 38.3 Å². The Morgan fingerprint density at radius 2 is 2.33 bits per heavy atom. The first kappa shape index (κ1) is 12.1. The number of rotatable bonds is 3. The fraction of sp³-hybridized carbons (Fsp3) is 0.500. The molecule has 0 radical (unpaired) electrons. The predicted molar refractivity (Wildman–Crippen MR) is 71.8 cm³/mol. The minimum absolute atomic E-state index is 0.0313. The number of nitrogens with one attached hydrogen (secondary N) is 1. The van der Waals surface area contributed by atoms with Crippen molar-refractivity contribution in [1.82, 2.24) is 5.32 Å². The molecule has 0 spiro atoms. The molecule has 1 aromatic rings. The van der Waals surface area contributed by atoms with Crippen molar-refractivity contribution >= 4 is 17.7 Å². The smallest absolute Gasteiger partial charge is 0.233 e. The molecule has 2 unspecified atom stereocenters. The van der Waals surface area contributed by atoms with Gasteiger partial charge < -0.3 is 10.1 Å². The van der Waals surface area contributed by atoms with E-state index in [0.29, 0.717) is 6.54 Å². The first-order chi connectivity index (χ1) is 8.83. The van der Waals surface area contributed by atoms with E-state index in [-0.39, 0.29) is 17.3 Å². The van der Waals surface area contributed by atoms with Crippen LogP contribution in [0.15, 0.2) is 29.2 Å². The third kappa shape index (κ3) is 2.54. The molecular formula is C14H17NO2S. The molecule has 4 heteroatoms. The van der Waals surface area contributed by atoms with E-state index in [9.17, 15) is 4.79 Å². The molecule has 18 heavy (non-hydrogen) atoms. The van der Waals surface area contributed by atoms with Crippen LogP contribution in [0.1, 0.15) is 18.4 Å². The number of ether oxygens (including phenoxy) is 1. The maximum absolute atomic E-state index is 12.1. The van der Waals surface area contributed by atoms with E-state index < -0.39 is 0 Å². The van der Waals surface area contributed by atoms with Gasteiger partial charge in [0.2, 0.25) is 5.91 Å². The van der Waals surface area contributed by atoms with Gasteiger partial charge in [0.15, 0.2) is 0 Å². The first-order valence-corrected chi connectivity index (χ1v) is 7.35. The summed E-state index contributed by atoms with van der Waals surface area (Å²) in [5.41, 5.74) is 1.29. The molecule has 2 heterocycles. The Hall–Kier alpha value is -1.00. The number of fused-ring (bicyclic) bond motifs is 1. The van der Waals surface area contributed by atoms with Crippen molar-refractivity contribution in [1.29, 1.82) is 0 Å². The van der Waals surface area contributed by atoms with Gasteiger partial charge in [-0.05, 0) is 30.9 Å². The van der Waals surface area contributed by atoms with Crippen LogP contribution < -0.4 is 5.32 Å². The van der Waals surface area contributed by atoms with Gasteiger partial charge in [-0.25, -0.2) is 0 Å². The van der Waals surface area contributed by atoms with Crippen LogP contribution in [0.25, 0.3) is 0 Å². The van der Waals surface area contributed by atoms with Crippen molar-refractivity contribution in [3.05, 3.63) is 29.8 Å². The van der Waals surface area contributed by atoms with E-state index in [0.717, 1.165) is 25.9 Å². The number of benzene rings is 1. The molecule has 0 aliphatic carbocycles. The van der Waals surface area contributed by atoms with E-state index in [1.165, 1.54) is 10.5 Å². The number of thioether (sulfide) groups is 1. The van der Waals surface area contributed by atoms with Crippen molar-refractivity contribution in [3.8, 4) is 0 Å². The fourth-order valence-electron chi connectivity index (χ4n) is 2.46. The summed E-state index contributed by atoms with van der Waals surface area (Å²) >= 11 is 1.67. The Morgan fingerprint density at radius 3 is 3.11 bits per heavy atom. The first-order valence-electron chi connectivity index (χ1n) is 6.47. The van der Waals surface area contributed by atoms with E-state index in [1.807, 2.05) is 12.1 Å². The highest BCUT2D eigenvalue weighted by Gasteiger charge is 2.28. The van der Waals surface area contributed by atoms with Gasteiger partial charge in [0.25, 0.3) is 0 Å². The molecule has 1 fully saturated rings. The van der Waals surface area contributed by atoms with E-state index in [1.54, 1.807) is 11.8 Å². The van der Waals surface area contributed by atoms with Gasteiger partial charge in [-0.3, -0.25) is 4.79 Å². The average Bonchev–Trinajstić information content (AvgIpc) is 3.04. The predicted octanol–water partition coefficient (Wildman–Crippen LogP) is 2.00. The lowest BCUT2D eigenvalue weighted by Crippen LogP contribution is -2.37. The van der Waals surface area contributed by atoms with E-state index in [2.05, 4.69) is 17.4 Å². The van der Waals surface area contributed by atoms with Crippen LogP contribution in [-0.4, -0.2) is 30.4 Å². The molecule has 1 amide bonds. The summed E-state index contributed by atoms with van der Waals surface area (Å²) in [5.74, 6) is 0.145. The molecule has 1 saturated heterocycles. The third-order valence-corrected chi connectivity index (χ3v) is 4.78. The van der Waals surface area contributed by atoms with E-state index >= 15 is 0 Å². The van der Waals surface area contributed by atoms with Gasteiger partial charge in [-0.1, -0.05) is 18.2 Å². The Kier molecular flexibility index (Phi) is 3.57. The highest BCUT2D eigenvalue weighted by atomic mass is 32.2. The standard InChI is InChI=1S/C14H17NO2S/c16-14(15-9-11-5-3-7-17-11)13-8-10-4-1-2-6-12(10)18-13/h1-2,4,6,11,13H,3,5,7-9H2,(H,15,16). The zero-order valence-corrected chi connectivity index (χ0v) is 11.0. The summed E-state index contributed by atoms with van der Waals surface area (Å²) in [6.07, 6.45) is 3.25. The molecule has 96 valence electrons. The molecule has 1 aromatic carbocycles. The Labute approximate surface area is 111 Å². The number of carbonyl (C=O) groups is 1. The van der Waals surface area contributed by atoms with Crippen molar-refractivity contribution in [3.63, 3.8) is 0 Å². The Bertz CT molecular complexity index is 418. The van der Waals surface area contributed by atoms with Crippen molar-refractivity contribution in [2.24, 2.45) is 0 Å². The van der Waals surface area contributed by atoms with Crippen LogP contribution >= 0.6 is 11.8 Å². The average molecular weight is 263 g/mol. The summed E-state index contributed by atoms with van der Waals surface area (Å²) < 4.78 is 5.51. The molecule has 3 rings (SSSR count). The van der Waals surface area contributed by atoms with Gasteiger partial charge >= 0.3 is 0 Å². The molecule has 0 aromatic heterocycles. The van der Waals surface area contributed by atoms with Gasteiger partial charge in [0, 0.05) is 18.0 Å². The summed E-state index contributed by atoms with van der Waals surface area (Å²) in [4.78, 5) is 13.3. The monoisotopic (exact) mass is 263 g/mol. The van der Waals surface area contributed by atoms with Gasteiger partial charge in [0.1, 0.15) is 0 Å². The summed E-state index contributed by atoms with van der Waals surface area (Å²) in [6, 6.07) is 8.26. The minimum atomic E-state index is 0.0313. The second-order valence-electron chi connectivity index (χ2n) is 4.80. The van der Waals surface area contributed by atoms with Gasteiger partial charge in [-0.15, -0.1) is 11.8 Å². The lowest BCUT2D eigenvalue weighted by Gasteiger charge is -2.13. The summed E-state index contributed by atoms with van der Waals surface area (Å²) in [7, 11) is 0. The van der Waals surface area contributed by atoms with Crippen LogP contribution in [0.4, 0.5) is 0 Å². The molecule has 1 N–H and O–H groups in total. The van der Waals surface area contributed by atoms with Crippen LogP contribution in [0, 0.1) is 0 Å². The van der Waals surface area contributed by atoms with Gasteiger partial charge in [0.05, 0.1) is 11.4 Å². The number of carbonyl (C=O) groups excluding carboxylic acids is 1. The maximum atomic E-state index is 12.1. The Balaban J connectivity index is 1.52. The largest absolute Gasteiger partial charge is 0.376 e. The number of hydrogen-bond donors (Lipinski definition) is 1. The van der Waals surface area contributed by atoms with Crippen LogP contribution in [-0.2, 0) is 16.0 Å². The maximum Gasteiger partial charge on any atom is 0.233 e. The SMILES string of the molecule is O=C(NCC1CCCO1)C1Cc2ccccc2S1. The zero-order chi connectivity index (χ0) is 12.4. The Morgan fingerprint density at radius 1 is 1.44 bits per heavy atom. The second-order valence-corrected chi connectivity index (χ2v) is 6.04. The highest BCUT2D eigenvalue weighted by molar-refractivity contribution is 8.01. The highest BCUT2D eigenvalue weighted by Crippen LogP contribution is 2.36. The quantitative estimate of drug-likeness (QED) is 0.906. The van der Waals surface area contributed by atoms with Crippen molar-refractivity contribution in [2.45, 2.75) is 35.5 Å². The fourth-order valence-corrected chi connectivity index (χ4v) is 3.68. The van der Waals surface area contributed by atoms with Crippen LogP contribution in [0.2, 0.25) is 0 Å². The van der Waals surface area contributed by atoms with Gasteiger partial charge in [-0.2, -0.15) is 0 Å². The van der Waals surface area contributed by atoms with E-state index in [4.69, 9.17) is 4.74 Å². The number of hydrogen-bond acceptors (Lipinski definition) is 3. The lowest BCUT2D eigenvalue weighted by atomic mass is 10.1. The molecule has 2 aliphatic rings. The molecule has 3 nitrogen and oxygen atoms in total. The number of amides is 1. The molecule has 2 atom stereocenters. The van der Waals surface area contributed by atoms with Crippen molar-refractivity contribution < 1.29 is 9.53 Å². The molecule has 2 aliphatic heterocycles. The molecular weight excluding hydrogens is 246 g/mol. The van der Waals surface area contributed by atoms with Crippen LogP contribution in [0.3, 0.4) is 0 Å². The second kappa shape index (κ2) is 5.33. The van der Waals surface area contributed by atoms with Crippen molar-refractivity contribution in [2.75, 3.05) is 13.2 Å². The normalized spacial score (nSPS) is 26.0.